The molecule has 0 spiro atoms. The molecule has 0 aliphatic carbocycles. The quantitative estimate of drug-likeness (QED) is 0.372. The summed E-state index contributed by atoms with van der Waals surface area (Å²) >= 11 is 0. The van der Waals surface area contributed by atoms with Crippen molar-refractivity contribution in [1.82, 2.24) is 0 Å². The van der Waals surface area contributed by atoms with Gasteiger partial charge >= 0.3 is 5.97 Å². The number of carbonyl (C=O) groups is 2. The van der Waals surface area contributed by atoms with E-state index in [4.69, 9.17) is 10.5 Å². The van der Waals surface area contributed by atoms with Crippen LogP contribution < -0.4 is 11.1 Å². The standard InChI is InChI=1S/C17H17N3O5/c1-10-3-5-12(6-4-10)19-16(21)11(2)25-17(22)14-8-7-13(20(23)24)9-15(14)18/h3-9,11H,18H2,1-2H3,(H,19,21)/t11-/m1/s1. The highest BCUT2D eigenvalue weighted by molar-refractivity contribution is 5.99. The molecule has 1 amide bonds. The summed E-state index contributed by atoms with van der Waals surface area (Å²) in [4.78, 5) is 34.2. The van der Waals surface area contributed by atoms with Crippen LogP contribution in [-0.2, 0) is 9.53 Å². The van der Waals surface area contributed by atoms with Crippen LogP contribution in [0.2, 0.25) is 0 Å². The lowest BCUT2D eigenvalue weighted by atomic mass is 10.1. The van der Waals surface area contributed by atoms with Crippen LogP contribution in [0.1, 0.15) is 22.8 Å². The Hall–Kier alpha value is -3.42. The van der Waals surface area contributed by atoms with E-state index in [0.29, 0.717) is 5.69 Å². The van der Waals surface area contributed by atoms with Gasteiger partial charge in [0.25, 0.3) is 11.6 Å². The van der Waals surface area contributed by atoms with Gasteiger partial charge in [0, 0.05) is 17.8 Å². The van der Waals surface area contributed by atoms with Gasteiger partial charge in [0.2, 0.25) is 0 Å². The molecule has 0 saturated carbocycles. The molecule has 0 aliphatic heterocycles. The average molecular weight is 343 g/mol. The SMILES string of the molecule is Cc1ccc(NC(=O)[C@@H](C)OC(=O)c2ccc([N+](=O)[O-])cc2N)cc1. The summed E-state index contributed by atoms with van der Waals surface area (Å²) in [6.07, 6.45) is -1.07. The number of nitro benzene ring substituents is 1. The fourth-order valence-corrected chi connectivity index (χ4v) is 2.01. The van der Waals surface area contributed by atoms with Crippen molar-refractivity contribution in [2.24, 2.45) is 0 Å². The minimum atomic E-state index is -1.07. The smallest absolute Gasteiger partial charge is 0.341 e. The second-order valence-electron chi connectivity index (χ2n) is 5.43. The Morgan fingerprint density at radius 2 is 1.84 bits per heavy atom. The molecule has 2 rings (SSSR count). The molecule has 0 aliphatic rings. The lowest BCUT2D eigenvalue weighted by Crippen LogP contribution is -2.30. The fourth-order valence-electron chi connectivity index (χ4n) is 2.01. The van der Waals surface area contributed by atoms with E-state index in [1.54, 1.807) is 12.1 Å². The van der Waals surface area contributed by atoms with Crippen molar-refractivity contribution in [3.8, 4) is 0 Å². The Morgan fingerprint density at radius 3 is 2.40 bits per heavy atom. The van der Waals surface area contributed by atoms with Gasteiger partial charge in [-0.1, -0.05) is 17.7 Å². The van der Waals surface area contributed by atoms with Crippen LogP contribution in [0.4, 0.5) is 17.1 Å². The van der Waals surface area contributed by atoms with Crippen LogP contribution in [-0.4, -0.2) is 22.9 Å². The monoisotopic (exact) mass is 343 g/mol. The number of nitrogens with one attached hydrogen (secondary N) is 1. The minimum absolute atomic E-state index is 0.0411. The number of nitrogen functional groups attached to an aromatic ring is 1. The summed E-state index contributed by atoms with van der Waals surface area (Å²) in [6, 6.07) is 10.5. The van der Waals surface area contributed by atoms with E-state index in [1.807, 2.05) is 19.1 Å². The number of anilines is 2. The minimum Gasteiger partial charge on any atom is -0.449 e. The summed E-state index contributed by atoms with van der Waals surface area (Å²) in [6.45, 7) is 3.34. The molecule has 25 heavy (non-hydrogen) atoms. The van der Waals surface area contributed by atoms with E-state index in [1.165, 1.54) is 13.0 Å². The van der Waals surface area contributed by atoms with E-state index >= 15 is 0 Å². The molecule has 0 fully saturated rings. The van der Waals surface area contributed by atoms with Gasteiger partial charge in [-0.3, -0.25) is 14.9 Å². The van der Waals surface area contributed by atoms with Crippen LogP contribution >= 0.6 is 0 Å². The zero-order chi connectivity index (χ0) is 18.6. The molecule has 8 heteroatoms. The number of ether oxygens (including phenoxy) is 1. The fraction of sp³-hybridized carbons (Fsp3) is 0.176. The number of amides is 1. The molecular weight excluding hydrogens is 326 g/mol. The van der Waals surface area contributed by atoms with Crippen LogP contribution in [0.3, 0.4) is 0 Å². The lowest BCUT2D eigenvalue weighted by Gasteiger charge is -2.14. The number of carbonyl (C=O) groups excluding carboxylic acids is 2. The molecule has 130 valence electrons. The van der Waals surface area contributed by atoms with Crippen LogP contribution in [0, 0.1) is 17.0 Å². The topological polar surface area (TPSA) is 125 Å². The van der Waals surface area contributed by atoms with Crippen molar-refractivity contribution in [2.75, 3.05) is 11.1 Å². The van der Waals surface area contributed by atoms with Crippen LogP contribution in [0.5, 0.6) is 0 Å². The summed E-state index contributed by atoms with van der Waals surface area (Å²) in [5.41, 5.74) is 6.90. The average Bonchev–Trinajstić information content (AvgIpc) is 2.56. The van der Waals surface area contributed by atoms with Gasteiger partial charge in [0.15, 0.2) is 6.10 Å². The molecule has 0 unspecified atom stereocenters. The Kier molecular flexibility index (Phi) is 5.33. The molecular formula is C17H17N3O5. The number of non-ortho nitro benzene ring substituents is 1. The number of rotatable bonds is 5. The van der Waals surface area contributed by atoms with Gasteiger partial charge in [0.05, 0.1) is 16.2 Å². The molecule has 3 N–H and O–H groups in total. The second kappa shape index (κ2) is 7.43. The predicted octanol–water partition coefficient (Wildman–Crippen LogP) is 2.67. The maximum atomic E-state index is 12.1. The third-order valence-electron chi connectivity index (χ3n) is 3.44. The molecule has 2 aromatic rings. The van der Waals surface area contributed by atoms with Gasteiger partial charge in [0.1, 0.15) is 0 Å². The molecule has 0 saturated heterocycles. The first-order valence-electron chi connectivity index (χ1n) is 7.40. The number of esters is 1. The molecule has 0 bridgehead atoms. The molecule has 0 aromatic heterocycles. The summed E-state index contributed by atoms with van der Waals surface area (Å²) in [5.74, 6) is -1.34. The Morgan fingerprint density at radius 1 is 1.20 bits per heavy atom. The van der Waals surface area contributed by atoms with Crippen molar-refractivity contribution in [2.45, 2.75) is 20.0 Å². The van der Waals surface area contributed by atoms with Crippen molar-refractivity contribution >= 4 is 28.9 Å². The largest absolute Gasteiger partial charge is 0.449 e. The predicted molar refractivity (Wildman–Crippen MR) is 92.2 cm³/mol. The van der Waals surface area contributed by atoms with Crippen molar-refractivity contribution in [1.29, 1.82) is 0 Å². The molecule has 0 heterocycles. The zero-order valence-corrected chi connectivity index (χ0v) is 13.7. The number of benzene rings is 2. The maximum Gasteiger partial charge on any atom is 0.341 e. The van der Waals surface area contributed by atoms with E-state index in [0.717, 1.165) is 17.7 Å². The molecule has 0 radical (unpaired) electrons. The first-order chi connectivity index (χ1) is 11.8. The summed E-state index contributed by atoms with van der Waals surface area (Å²) in [5, 5.41) is 13.3. The number of nitro groups is 1. The van der Waals surface area contributed by atoms with E-state index in [-0.39, 0.29) is 16.9 Å². The van der Waals surface area contributed by atoms with Crippen molar-refractivity contribution in [3.05, 3.63) is 63.7 Å². The normalized spacial score (nSPS) is 11.4. The van der Waals surface area contributed by atoms with E-state index in [9.17, 15) is 19.7 Å². The van der Waals surface area contributed by atoms with Crippen molar-refractivity contribution < 1.29 is 19.2 Å². The van der Waals surface area contributed by atoms with Gasteiger partial charge in [-0.2, -0.15) is 0 Å². The number of hydrogen-bond donors (Lipinski definition) is 2. The first kappa shape index (κ1) is 17.9. The van der Waals surface area contributed by atoms with E-state index in [2.05, 4.69) is 5.32 Å². The summed E-state index contributed by atoms with van der Waals surface area (Å²) < 4.78 is 5.07. The highest BCUT2D eigenvalue weighted by Gasteiger charge is 2.21. The molecule has 8 nitrogen and oxygen atoms in total. The van der Waals surface area contributed by atoms with Crippen molar-refractivity contribution in [3.63, 3.8) is 0 Å². The lowest BCUT2D eigenvalue weighted by molar-refractivity contribution is -0.384. The molecule has 1 atom stereocenters. The third kappa shape index (κ3) is 4.54. The number of hydrogen-bond acceptors (Lipinski definition) is 6. The Labute approximate surface area is 143 Å². The molecule has 2 aromatic carbocycles. The van der Waals surface area contributed by atoms with Gasteiger partial charge in [-0.15, -0.1) is 0 Å². The second-order valence-corrected chi connectivity index (χ2v) is 5.43. The number of nitrogens with two attached hydrogens (primary N) is 1. The van der Waals surface area contributed by atoms with Gasteiger partial charge < -0.3 is 15.8 Å². The zero-order valence-electron chi connectivity index (χ0n) is 13.7. The number of nitrogens with zero attached hydrogens (tertiary/aromatic N) is 1. The Bertz CT molecular complexity index is 818. The first-order valence-corrected chi connectivity index (χ1v) is 7.40. The Balaban J connectivity index is 2.02. The number of aryl methyl sites for hydroxylation is 1. The van der Waals surface area contributed by atoms with Gasteiger partial charge in [-0.05, 0) is 32.0 Å². The van der Waals surface area contributed by atoms with Gasteiger partial charge in [-0.25, -0.2) is 4.79 Å². The third-order valence-corrected chi connectivity index (χ3v) is 3.44. The highest BCUT2D eigenvalue weighted by atomic mass is 16.6. The highest BCUT2D eigenvalue weighted by Crippen LogP contribution is 2.21. The maximum absolute atomic E-state index is 12.1. The van der Waals surface area contributed by atoms with Crippen LogP contribution in [0.25, 0.3) is 0 Å². The van der Waals surface area contributed by atoms with E-state index < -0.39 is 22.9 Å². The van der Waals surface area contributed by atoms with Crippen LogP contribution in [0.15, 0.2) is 42.5 Å². The summed E-state index contributed by atoms with van der Waals surface area (Å²) in [7, 11) is 0.